The fraction of sp³-hybridized carbons (Fsp3) is 0.375. The summed E-state index contributed by atoms with van der Waals surface area (Å²) >= 11 is 0. The number of nitrogens with zero attached hydrogens (tertiary/aromatic N) is 4. The first kappa shape index (κ1) is 20.3. The summed E-state index contributed by atoms with van der Waals surface area (Å²) in [6.45, 7) is 9.19. The second-order valence-electron chi connectivity index (χ2n) is 7.88. The van der Waals surface area contributed by atoms with E-state index in [9.17, 15) is 4.79 Å². The molecule has 3 aromatic rings. The summed E-state index contributed by atoms with van der Waals surface area (Å²) in [5, 5.41) is 4.15. The number of hydrogen-bond donors (Lipinski definition) is 0. The molecule has 0 bridgehead atoms. The van der Waals surface area contributed by atoms with Crippen LogP contribution in [0.2, 0.25) is 0 Å². The molecule has 2 heterocycles. The van der Waals surface area contributed by atoms with Crippen LogP contribution in [0, 0.1) is 6.92 Å². The summed E-state index contributed by atoms with van der Waals surface area (Å²) in [5.41, 5.74) is 4.15. The summed E-state index contributed by atoms with van der Waals surface area (Å²) in [6, 6.07) is 16.0. The van der Waals surface area contributed by atoms with Crippen molar-refractivity contribution in [2.24, 2.45) is 0 Å². The first-order chi connectivity index (χ1) is 14.5. The van der Waals surface area contributed by atoms with Crippen LogP contribution >= 0.6 is 0 Å². The summed E-state index contributed by atoms with van der Waals surface area (Å²) in [4.78, 5) is 21.6. The normalized spacial score (nSPS) is 15.9. The van der Waals surface area contributed by atoms with E-state index in [4.69, 9.17) is 4.52 Å². The Kier molecular flexibility index (Phi) is 5.95. The zero-order chi connectivity index (χ0) is 21.1. The molecule has 1 unspecified atom stereocenters. The van der Waals surface area contributed by atoms with Gasteiger partial charge in [-0.05, 0) is 38.0 Å². The van der Waals surface area contributed by atoms with Crippen LogP contribution in [0.25, 0.3) is 11.4 Å². The lowest BCUT2D eigenvalue weighted by Gasteiger charge is -2.36. The average Bonchev–Trinajstić information content (AvgIpc) is 3.29. The van der Waals surface area contributed by atoms with Gasteiger partial charge in [-0.25, -0.2) is 0 Å². The largest absolute Gasteiger partial charge is 0.337 e. The third kappa shape index (κ3) is 4.28. The van der Waals surface area contributed by atoms with E-state index in [0.29, 0.717) is 24.8 Å². The quantitative estimate of drug-likeness (QED) is 0.640. The fourth-order valence-corrected chi connectivity index (χ4v) is 3.76. The van der Waals surface area contributed by atoms with E-state index >= 15 is 0 Å². The van der Waals surface area contributed by atoms with Gasteiger partial charge in [-0.1, -0.05) is 54.0 Å². The maximum Gasteiger partial charge on any atom is 0.253 e. The van der Waals surface area contributed by atoms with E-state index in [1.807, 2.05) is 53.4 Å². The number of aromatic nitrogens is 2. The molecule has 1 fully saturated rings. The highest BCUT2D eigenvalue weighted by Gasteiger charge is 2.28. The average molecular weight is 405 g/mol. The number of carbonyl (C=O) groups is 1. The summed E-state index contributed by atoms with van der Waals surface area (Å²) in [5.74, 6) is 1.33. The van der Waals surface area contributed by atoms with Gasteiger partial charge in [0.1, 0.15) is 0 Å². The van der Waals surface area contributed by atoms with E-state index in [1.165, 1.54) is 11.1 Å². The molecule has 1 aliphatic heterocycles. The highest BCUT2D eigenvalue weighted by Crippen LogP contribution is 2.24. The van der Waals surface area contributed by atoms with Crippen molar-refractivity contribution in [1.82, 2.24) is 19.9 Å². The predicted molar refractivity (Wildman–Crippen MR) is 116 cm³/mol. The molecule has 0 radical (unpaired) electrons. The zero-order valence-electron chi connectivity index (χ0n) is 17.8. The van der Waals surface area contributed by atoms with Gasteiger partial charge < -0.3 is 9.42 Å². The van der Waals surface area contributed by atoms with Crippen molar-refractivity contribution in [3.63, 3.8) is 0 Å². The Morgan fingerprint density at radius 3 is 2.33 bits per heavy atom. The van der Waals surface area contributed by atoms with Gasteiger partial charge in [-0.15, -0.1) is 0 Å². The maximum atomic E-state index is 12.8. The number of carbonyl (C=O) groups excluding carboxylic acids is 1. The molecular formula is C24H28N4O2. The van der Waals surface area contributed by atoms with Crippen molar-refractivity contribution in [2.45, 2.75) is 33.2 Å². The number of hydrogen-bond acceptors (Lipinski definition) is 5. The van der Waals surface area contributed by atoms with Crippen molar-refractivity contribution in [1.29, 1.82) is 0 Å². The molecule has 1 atom stereocenters. The minimum absolute atomic E-state index is 0.0118. The van der Waals surface area contributed by atoms with Crippen LogP contribution in [0.15, 0.2) is 53.1 Å². The van der Waals surface area contributed by atoms with Crippen LogP contribution in [0.3, 0.4) is 0 Å². The van der Waals surface area contributed by atoms with Gasteiger partial charge in [0.2, 0.25) is 11.7 Å². The maximum absolute atomic E-state index is 12.8. The lowest BCUT2D eigenvalue weighted by molar-refractivity contribution is 0.0551. The number of rotatable bonds is 5. The Bertz CT molecular complexity index is 987. The van der Waals surface area contributed by atoms with Crippen molar-refractivity contribution in [3.8, 4) is 11.4 Å². The molecule has 4 rings (SSSR count). The lowest BCUT2D eigenvalue weighted by Crippen LogP contribution is -2.49. The second kappa shape index (κ2) is 8.79. The van der Waals surface area contributed by atoms with E-state index in [2.05, 4.69) is 35.8 Å². The van der Waals surface area contributed by atoms with Crippen LogP contribution in [0.5, 0.6) is 0 Å². The highest BCUT2D eigenvalue weighted by molar-refractivity contribution is 5.94. The van der Waals surface area contributed by atoms with E-state index in [1.54, 1.807) is 0 Å². The van der Waals surface area contributed by atoms with Crippen molar-refractivity contribution < 1.29 is 9.32 Å². The van der Waals surface area contributed by atoms with Gasteiger partial charge in [0.25, 0.3) is 5.91 Å². The van der Waals surface area contributed by atoms with Gasteiger partial charge >= 0.3 is 0 Å². The first-order valence-corrected chi connectivity index (χ1v) is 10.6. The standard InChI is InChI=1S/C24H28N4O2/c1-4-19-7-11-21(12-8-19)24(29)28-15-13-27(14-16-28)18(3)23-25-22(26-30-23)20-9-5-17(2)6-10-20/h5-12,18H,4,13-16H2,1-3H3. The van der Waals surface area contributed by atoms with Crippen LogP contribution in [-0.2, 0) is 6.42 Å². The van der Waals surface area contributed by atoms with Gasteiger partial charge in [-0.2, -0.15) is 4.98 Å². The van der Waals surface area contributed by atoms with Gasteiger partial charge in [0.15, 0.2) is 0 Å². The molecule has 156 valence electrons. The number of benzene rings is 2. The Labute approximate surface area is 177 Å². The molecule has 0 aliphatic carbocycles. The minimum atomic E-state index is 0.0118. The third-order valence-corrected chi connectivity index (χ3v) is 5.87. The van der Waals surface area contributed by atoms with Crippen LogP contribution < -0.4 is 0 Å². The van der Waals surface area contributed by atoms with Gasteiger partial charge in [-0.3, -0.25) is 9.69 Å². The minimum Gasteiger partial charge on any atom is -0.337 e. The number of amides is 1. The van der Waals surface area contributed by atoms with Crippen LogP contribution in [0.4, 0.5) is 0 Å². The first-order valence-electron chi connectivity index (χ1n) is 10.6. The Balaban J connectivity index is 1.36. The van der Waals surface area contributed by atoms with E-state index in [-0.39, 0.29) is 11.9 Å². The zero-order valence-corrected chi connectivity index (χ0v) is 17.8. The molecule has 1 saturated heterocycles. The monoisotopic (exact) mass is 404 g/mol. The molecule has 0 saturated carbocycles. The Morgan fingerprint density at radius 1 is 1.03 bits per heavy atom. The molecule has 0 N–H and O–H groups in total. The molecule has 30 heavy (non-hydrogen) atoms. The number of aryl methyl sites for hydroxylation is 2. The Hall–Kier alpha value is -2.99. The van der Waals surface area contributed by atoms with Crippen molar-refractivity contribution >= 4 is 5.91 Å². The lowest BCUT2D eigenvalue weighted by atomic mass is 10.1. The topological polar surface area (TPSA) is 62.5 Å². The fourth-order valence-electron chi connectivity index (χ4n) is 3.76. The number of piperazine rings is 1. The van der Waals surface area contributed by atoms with Crippen molar-refractivity contribution in [3.05, 3.63) is 71.1 Å². The van der Waals surface area contributed by atoms with E-state index in [0.717, 1.165) is 30.6 Å². The van der Waals surface area contributed by atoms with Crippen molar-refractivity contribution in [2.75, 3.05) is 26.2 Å². The SMILES string of the molecule is CCc1ccc(C(=O)N2CCN(C(C)c3nc(-c4ccc(C)cc4)no3)CC2)cc1. The Morgan fingerprint density at radius 2 is 1.70 bits per heavy atom. The molecule has 6 heteroatoms. The van der Waals surface area contributed by atoms with Crippen LogP contribution in [0.1, 0.15) is 47.3 Å². The summed E-state index contributed by atoms with van der Waals surface area (Å²) in [7, 11) is 0. The van der Waals surface area contributed by atoms with Gasteiger partial charge in [0.05, 0.1) is 6.04 Å². The highest BCUT2D eigenvalue weighted by atomic mass is 16.5. The molecule has 6 nitrogen and oxygen atoms in total. The van der Waals surface area contributed by atoms with E-state index < -0.39 is 0 Å². The molecule has 0 spiro atoms. The molecule has 1 amide bonds. The van der Waals surface area contributed by atoms with Gasteiger partial charge in [0, 0.05) is 37.3 Å². The van der Waals surface area contributed by atoms with Crippen LogP contribution in [-0.4, -0.2) is 52.0 Å². The smallest absolute Gasteiger partial charge is 0.253 e. The molecule has 1 aromatic heterocycles. The summed E-state index contributed by atoms with van der Waals surface area (Å²) in [6.07, 6.45) is 0.979. The predicted octanol–water partition coefficient (Wildman–Crippen LogP) is 4.13. The molecule has 2 aromatic carbocycles. The third-order valence-electron chi connectivity index (χ3n) is 5.87. The molecule has 1 aliphatic rings. The molecular weight excluding hydrogens is 376 g/mol. The second-order valence-corrected chi connectivity index (χ2v) is 7.88. The summed E-state index contributed by atoms with van der Waals surface area (Å²) < 4.78 is 5.55.